The second kappa shape index (κ2) is 7.42. The van der Waals surface area contributed by atoms with Gasteiger partial charge in [-0.25, -0.2) is 19.0 Å². The summed E-state index contributed by atoms with van der Waals surface area (Å²) in [7, 11) is 0. The summed E-state index contributed by atoms with van der Waals surface area (Å²) in [5, 5.41) is 12.4. The first-order valence-electron chi connectivity index (χ1n) is 9.24. The summed E-state index contributed by atoms with van der Waals surface area (Å²) >= 11 is 0. The smallest absolute Gasteiger partial charge is 0.225 e. The van der Waals surface area contributed by atoms with E-state index in [1.54, 1.807) is 33.8 Å². The van der Waals surface area contributed by atoms with Gasteiger partial charge in [0.15, 0.2) is 11.5 Å². The van der Waals surface area contributed by atoms with Crippen LogP contribution in [0, 0.1) is 18.7 Å². The van der Waals surface area contributed by atoms with E-state index in [1.165, 1.54) is 18.5 Å². The Hall–Kier alpha value is -3.62. The van der Waals surface area contributed by atoms with Crippen molar-refractivity contribution in [3.8, 4) is 11.5 Å². The third-order valence-corrected chi connectivity index (χ3v) is 4.31. The first-order chi connectivity index (χ1) is 13.9. The number of amides is 1. The maximum atomic E-state index is 13.3. The van der Waals surface area contributed by atoms with Crippen LogP contribution in [0.15, 0.2) is 42.9 Å². The lowest BCUT2D eigenvalue weighted by Gasteiger charge is -2.10. The minimum atomic E-state index is -0.325. The molecule has 1 amide bonds. The summed E-state index contributed by atoms with van der Waals surface area (Å²) in [6, 6.07) is 7.77. The van der Waals surface area contributed by atoms with Crippen molar-refractivity contribution in [1.82, 2.24) is 29.5 Å². The fourth-order valence-corrected chi connectivity index (χ4v) is 3.09. The Labute approximate surface area is 166 Å². The molecule has 0 aliphatic carbocycles. The molecule has 8 nitrogen and oxygen atoms in total. The third-order valence-electron chi connectivity index (χ3n) is 4.31. The second-order valence-electron chi connectivity index (χ2n) is 7.20. The number of anilines is 1. The average molecular weight is 393 g/mol. The Morgan fingerprint density at radius 3 is 2.66 bits per heavy atom. The van der Waals surface area contributed by atoms with E-state index in [0.29, 0.717) is 34.8 Å². The molecule has 0 spiro atoms. The molecule has 4 rings (SSSR count). The highest BCUT2D eigenvalue weighted by atomic mass is 19.1. The lowest BCUT2D eigenvalue weighted by molar-refractivity contribution is -0.116. The molecule has 3 aromatic heterocycles. The summed E-state index contributed by atoms with van der Waals surface area (Å²) in [4.78, 5) is 21.0. The molecule has 29 heavy (non-hydrogen) atoms. The van der Waals surface area contributed by atoms with Gasteiger partial charge in [0.2, 0.25) is 5.91 Å². The SMILES string of the molecule is Cc1cc(NC(=O)CC(C)C)n(-c2ncnc3c2cnn3-c2ccc(F)cc2)n1. The Bertz CT molecular complexity index is 1180. The maximum absolute atomic E-state index is 13.3. The number of halogens is 1. The number of carbonyl (C=O) groups is 1. The van der Waals surface area contributed by atoms with E-state index in [1.807, 2.05) is 20.8 Å². The summed E-state index contributed by atoms with van der Waals surface area (Å²) in [5.74, 6) is 0.855. The molecule has 4 aromatic rings. The summed E-state index contributed by atoms with van der Waals surface area (Å²) in [5.41, 5.74) is 1.96. The predicted octanol–water partition coefficient (Wildman–Crippen LogP) is 3.43. The molecule has 3 heterocycles. The van der Waals surface area contributed by atoms with Gasteiger partial charge in [-0.3, -0.25) is 4.79 Å². The first-order valence-corrected chi connectivity index (χ1v) is 9.24. The van der Waals surface area contributed by atoms with E-state index in [9.17, 15) is 9.18 Å². The molecule has 1 aromatic carbocycles. The predicted molar refractivity (Wildman–Crippen MR) is 107 cm³/mol. The standard InChI is InChI=1S/C20H20FN7O/c1-12(2)8-18(29)25-17-9-13(3)26-28(17)20-16-10-24-27(19(16)22-11-23-20)15-6-4-14(21)5-7-15/h4-7,9-12H,8H2,1-3H3,(H,25,29). The van der Waals surface area contributed by atoms with Gasteiger partial charge in [-0.05, 0) is 37.1 Å². The van der Waals surface area contributed by atoms with Crippen molar-refractivity contribution in [2.45, 2.75) is 27.2 Å². The van der Waals surface area contributed by atoms with Crippen LogP contribution in [0.25, 0.3) is 22.5 Å². The second-order valence-corrected chi connectivity index (χ2v) is 7.20. The number of rotatable bonds is 5. The minimum absolute atomic E-state index is 0.0894. The van der Waals surface area contributed by atoms with Crippen molar-refractivity contribution in [3.63, 3.8) is 0 Å². The molecule has 0 saturated carbocycles. The number of nitrogens with one attached hydrogen (secondary N) is 1. The van der Waals surface area contributed by atoms with E-state index >= 15 is 0 Å². The van der Waals surface area contributed by atoms with Gasteiger partial charge in [-0.1, -0.05) is 13.8 Å². The number of aryl methyl sites for hydroxylation is 1. The number of aromatic nitrogens is 6. The number of hydrogen-bond acceptors (Lipinski definition) is 5. The van der Waals surface area contributed by atoms with Gasteiger partial charge in [-0.15, -0.1) is 0 Å². The van der Waals surface area contributed by atoms with Crippen LogP contribution in [0.4, 0.5) is 10.2 Å². The molecule has 0 aliphatic rings. The maximum Gasteiger partial charge on any atom is 0.225 e. The summed E-state index contributed by atoms with van der Waals surface area (Å²) in [6.07, 6.45) is 3.45. The highest BCUT2D eigenvalue weighted by molar-refractivity contribution is 5.91. The number of hydrogen-bond donors (Lipinski definition) is 1. The Balaban J connectivity index is 1.78. The van der Waals surface area contributed by atoms with Crippen molar-refractivity contribution in [1.29, 1.82) is 0 Å². The Kier molecular flexibility index (Phi) is 4.79. The number of benzene rings is 1. The van der Waals surface area contributed by atoms with E-state index in [0.717, 1.165) is 5.69 Å². The van der Waals surface area contributed by atoms with Gasteiger partial charge < -0.3 is 5.32 Å². The van der Waals surface area contributed by atoms with Crippen LogP contribution in [0.5, 0.6) is 0 Å². The van der Waals surface area contributed by atoms with E-state index in [2.05, 4.69) is 25.5 Å². The van der Waals surface area contributed by atoms with Gasteiger partial charge in [-0.2, -0.15) is 14.9 Å². The molecule has 0 unspecified atom stereocenters. The van der Waals surface area contributed by atoms with E-state index in [4.69, 9.17) is 0 Å². The number of nitrogens with zero attached hydrogens (tertiary/aromatic N) is 6. The van der Waals surface area contributed by atoms with Crippen LogP contribution < -0.4 is 5.32 Å². The molecule has 0 bridgehead atoms. The Morgan fingerprint density at radius 2 is 1.93 bits per heavy atom. The van der Waals surface area contributed by atoms with Crippen molar-refractivity contribution in [2.24, 2.45) is 5.92 Å². The molecule has 0 fully saturated rings. The lowest BCUT2D eigenvalue weighted by Crippen LogP contribution is -2.17. The van der Waals surface area contributed by atoms with Crippen LogP contribution in [-0.2, 0) is 4.79 Å². The number of carbonyl (C=O) groups excluding carboxylic acids is 1. The zero-order valence-corrected chi connectivity index (χ0v) is 16.3. The highest BCUT2D eigenvalue weighted by Gasteiger charge is 2.18. The quantitative estimate of drug-likeness (QED) is 0.561. The molecule has 0 aliphatic heterocycles. The topological polar surface area (TPSA) is 90.5 Å². The minimum Gasteiger partial charge on any atom is -0.311 e. The van der Waals surface area contributed by atoms with Crippen molar-refractivity contribution < 1.29 is 9.18 Å². The molecular formula is C20H20FN7O. The van der Waals surface area contributed by atoms with Gasteiger partial charge in [0.25, 0.3) is 0 Å². The first kappa shape index (κ1) is 18.7. The van der Waals surface area contributed by atoms with Gasteiger partial charge in [0.05, 0.1) is 23.0 Å². The summed E-state index contributed by atoms with van der Waals surface area (Å²) < 4.78 is 16.4. The molecule has 0 radical (unpaired) electrons. The van der Waals surface area contributed by atoms with Crippen LogP contribution in [0.3, 0.4) is 0 Å². The van der Waals surface area contributed by atoms with Crippen molar-refractivity contribution in [2.75, 3.05) is 5.32 Å². The van der Waals surface area contributed by atoms with E-state index in [-0.39, 0.29) is 17.6 Å². The summed E-state index contributed by atoms with van der Waals surface area (Å²) in [6.45, 7) is 5.81. The average Bonchev–Trinajstić information content (AvgIpc) is 3.25. The number of fused-ring (bicyclic) bond motifs is 1. The Morgan fingerprint density at radius 1 is 1.17 bits per heavy atom. The van der Waals surface area contributed by atoms with Crippen molar-refractivity contribution >= 4 is 22.8 Å². The molecule has 148 valence electrons. The molecular weight excluding hydrogens is 373 g/mol. The van der Waals surface area contributed by atoms with Crippen LogP contribution in [-0.4, -0.2) is 35.4 Å². The van der Waals surface area contributed by atoms with Crippen LogP contribution in [0.1, 0.15) is 26.0 Å². The fourth-order valence-electron chi connectivity index (χ4n) is 3.09. The molecule has 1 N–H and O–H groups in total. The molecule has 9 heteroatoms. The third kappa shape index (κ3) is 3.71. The zero-order valence-electron chi connectivity index (χ0n) is 16.3. The molecule has 0 atom stereocenters. The monoisotopic (exact) mass is 393 g/mol. The molecule has 0 saturated heterocycles. The van der Waals surface area contributed by atoms with Gasteiger partial charge >= 0.3 is 0 Å². The van der Waals surface area contributed by atoms with Crippen LogP contribution >= 0.6 is 0 Å². The van der Waals surface area contributed by atoms with Crippen LogP contribution in [0.2, 0.25) is 0 Å². The van der Waals surface area contributed by atoms with Gasteiger partial charge in [0, 0.05) is 12.5 Å². The van der Waals surface area contributed by atoms with Crippen molar-refractivity contribution in [3.05, 3.63) is 54.4 Å². The lowest BCUT2D eigenvalue weighted by atomic mass is 10.1. The largest absolute Gasteiger partial charge is 0.311 e. The van der Waals surface area contributed by atoms with Gasteiger partial charge in [0.1, 0.15) is 18.0 Å². The zero-order chi connectivity index (χ0) is 20.5. The van der Waals surface area contributed by atoms with E-state index < -0.39 is 0 Å². The fraction of sp³-hybridized carbons (Fsp3) is 0.250. The highest BCUT2D eigenvalue weighted by Crippen LogP contribution is 2.24. The normalized spacial score (nSPS) is 11.3.